The van der Waals surface area contributed by atoms with E-state index in [0.29, 0.717) is 6.54 Å². The van der Waals surface area contributed by atoms with Gasteiger partial charge in [0, 0.05) is 21.6 Å². The summed E-state index contributed by atoms with van der Waals surface area (Å²) in [6.45, 7) is 0.541. The molecule has 2 rings (SSSR count). The number of aromatic amines is 1. The largest absolute Gasteiger partial charge is 0.287 e. The number of aromatic nitrogens is 1. The highest BCUT2D eigenvalue weighted by Gasteiger charge is 1.94. The Morgan fingerprint density at radius 2 is 2.12 bits per heavy atom. The molecule has 2 aromatic rings. The molecule has 1 aromatic heterocycles. The van der Waals surface area contributed by atoms with Gasteiger partial charge in [0.25, 0.3) is 5.56 Å². The quantitative estimate of drug-likeness (QED) is 0.870. The molecule has 0 saturated heterocycles. The minimum absolute atomic E-state index is 0.0566. The van der Waals surface area contributed by atoms with Gasteiger partial charge in [-0.05, 0) is 17.7 Å². The SMILES string of the molecule is O=c1cc(CN=Cc2ccc(Br)cc2)s[nH]1. The van der Waals surface area contributed by atoms with Crippen molar-refractivity contribution in [2.75, 3.05) is 0 Å². The Morgan fingerprint density at radius 1 is 1.38 bits per heavy atom. The molecule has 0 aliphatic rings. The van der Waals surface area contributed by atoms with Crippen molar-refractivity contribution >= 4 is 33.7 Å². The zero-order valence-corrected chi connectivity index (χ0v) is 10.7. The van der Waals surface area contributed by atoms with Crippen LogP contribution in [0, 0.1) is 0 Å². The van der Waals surface area contributed by atoms with Crippen molar-refractivity contribution in [2.45, 2.75) is 6.54 Å². The van der Waals surface area contributed by atoms with Crippen molar-refractivity contribution in [1.29, 1.82) is 0 Å². The maximum atomic E-state index is 10.9. The van der Waals surface area contributed by atoms with Gasteiger partial charge in [-0.1, -0.05) is 39.6 Å². The molecular weight excluding hydrogens is 288 g/mol. The molecule has 1 heterocycles. The predicted molar refractivity (Wildman–Crippen MR) is 70.4 cm³/mol. The van der Waals surface area contributed by atoms with Crippen LogP contribution in [0.15, 0.2) is 44.6 Å². The number of benzene rings is 1. The van der Waals surface area contributed by atoms with Gasteiger partial charge in [0.05, 0.1) is 6.54 Å². The summed E-state index contributed by atoms with van der Waals surface area (Å²) in [6, 6.07) is 9.47. The monoisotopic (exact) mass is 296 g/mol. The number of hydrogen-bond donors (Lipinski definition) is 1. The van der Waals surface area contributed by atoms with Gasteiger partial charge >= 0.3 is 0 Å². The molecule has 0 amide bonds. The van der Waals surface area contributed by atoms with E-state index in [1.807, 2.05) is 24.3 Å². The lowest BCUT2D eigenvalue weighted by molar-refractivity contribution is 1.11. The Bertz CT molecular complexity index is 542. The number of halogens is 1. The lowest BCUT2D eigenvalue weighted by atomic mass is 10.2. The average Bonchev–Trinajstić information content (AvgIpc) is 2.67. The molecule has 0 saturated carbocycles. The molecule has 0 bridgehead atoms. The van der Waals surface area contributed by atoms with E-state index in [0.717, 1.165) is 14.9 Å². The van der Waals surface area contributed by atoms with Gasteiger partial charge in [-0.3, -0.25) is 14.2 Å². The van der Waals surface area contributed by atoms with Crippen LogP contribution in [0.5, 0.6) is 0 Å². The van der Waals surface area contributed by atoms with Crippen LogP contribution in [0.25, 0.3) is 0 Å². The van der Waals surface area contributed by atoms with Crippen LogP contribution in [0.1, 0.15) is 10.4 Å². The Balaban J connectivity index is 1.99. The molecule has 1 aromatic carbocycles. The molecule has 0 atom stereocenters. The smallest absolute Gasteiger partial charge is 0.258 e. The third-order valence-corrected chi connectivity index (χ3v) is 3.27. The van der Waals surface area contributed by atoms with E-state index in [1.165, 1.54) is 11.5 Å². The van der Waals surface area contributed by atoms with Gasteiger partial charge < -0.3 is 0 Å². The third-order valence-electron chi connectivity index (χ3n) is 1.93. The van der Waals surface area contributed by atoms with Gasteiger partial charge in [-0.15, -0.1) is 0 Å². The van der Waals surface area contributed by atoms with Gasteiger partial charge in [0.15, 0.2) is 0 Å². The first-order valence-electron chi connectivity index (χ1n) is 4.67. The topological polar surface area (TPSA) is 45.2 Å². The molecule has 0 unspecified atom stereocenters. The van der Waals surface area contributed by atoms with E-state index in [4.69, 9.17) is 0 Å². The number of nitrogens with one attached hydrogen (secondary N) is 1. The van der Waals surface area contributed by atoms with Crippen LogP contribution < -0.4 is 5.56 Å². The summed E-state index contributed by atoms with van der Waals surface area (Å²) in [7, 11) is 0. The molecule has 1 N–H and O–H groups in total. The van der Waals surface area contributed by atoms with Crippen LogP contribution in [0.2, 0.25) is 0 Å². The molecule has 3 nitrogen and oxygen atoms in total. The maximum absolute atomic E-state index is 10.9. The van der Waals surface area contributed by atoms with Crippen molar-refractivity contribution in [3.05, 3.63) is 55.6 Å². The predicted octanol–water partition coefficient (Wildman–Crippen LogP) is 2.82. The van der Waals surface area contributed by atoms with Gasteiger partial charge in [0.1, 0.15) is 0 Å². The summed E-state index contributed by atoms with van der Waals surface area (Å²) in [5, 5.41) is 0. The van der Waals surface area contributed by atoms with Crippen molar-refractivity contribution in [3.8, 4) is 0 Å². The Kier molecular flexibility index (Phi) is 3.69. The van der Waals surface area contributed by atoms with Crippen LogP contribution in [0.4, 0.5) is 0 Å². The molecule has 82 valence electrons. The lowest BCUT2D eigenvalue weighted by Crippen LogP contribution is -1.92. The van der Waals surface area contributed by atoms with E-state index in [1.54, 1.807) is 12.3 Å². The number of nitrogens with zero attached hydrogens (tertiary/aromatic N) is 1. The highest BCUT2D eigenvalue weighted by Crippen LogP contribution is 2.09. The summed E-state index contributed by atoms with van der Waals surface area (Å²) < 4.78 is 3.68. The van der Waals surface area contributed by atoms with Crippen molar-refractivity contribution in [3.63, 3.8) is 0 Å². The molecule has 0 spiro atoms. The van der Waals surface area contributed by atoms with Crippen LogP contribution >= 0.6 is 27.5 Å². The molecule has 0 aliphatic carbocycles. The van der Waals surface area contributed by atoms with E-state index < -0.39 is 0 Å². The molecular formula is C11H9BrN2OS. The lowest BCUT2D eigenvalue weighted by Gasteiger charge is -1.93. The molecule has 0 radical (unpaired) electrons. The van der Waals surface area contributed by atoms with Gasteiger partial charge in [0.2, 0.25) is 0 Å². The van der Waals surface area contributed by atoms with Crippen LogP contribution in [0.3, 0.4) is 0 Å². The fraction of sp³-hybridized carbons (Fsp3) is 0.0909. The molecule has 5 heteroatoms. The van der Waals surface area contributed by atoms with Crippen molar-refractivity contribution in [2.24, 2.45) is 4.99 Å². The molecule has 0 aliphatic heterocycles. The second-order valence-electron chi connectivity index (χ2n) is 3.20. The van der Waals surface area contributed by atoms with Gasteiger partial charge in [-0.2, -0.15) is 0 Å². The fourth-order valence-corrected chi connectivity index (χ4v) is 2.05. The van der Waals surface area contributed by atoms with E-state index in [-0.39, 0.29) is 5.56 Å². The maximum Gasteiger partial charge on any atom is 0.258 e. The minimum Gasteiger partial charge on any atom is -0.287 e. The fourth-order valence-electron chi connectivity index (χ4n) is 1.19. The molecule has 16 heavy (non-hydrogen) atoms. The number of aliphatic imine (C=N–C) groups is 1. The van der Waals surface area contributed by atoms with Gasteiger partial charge in [-0.25, -0.2) is 0 Å². The summed E-state index contributed by atoms with van der Waals surface area (Å²) >= 11 is 4.70. The Hall–Kier alpha value is -1.20. The normalized spacial score (nSPS) is 11.1. The molecule has 0 fully saturated rings. The number of hydrogen-bond acceptors (Lipinski definition) is 3. The second kappa shape index (κ2) is 5.23. The third kappa shape index (κ3) is 3.15. The average molecular weight is 297 g/mol. The van der Waals surface area contributed by atoms with E-state index in [9.17, 15) is 4.79 Å². The zero-order chi connectivity index (χ0) is 11.4. The van der Waals surface area contributed by atoms with E-state index >= 15 is 0 Å². The van der Waals surface area contributed by atoms with Crippen molar-refractivity contribution in [1.82, 2.24) is 4.37 Å². The Labute approximate surface area is 105 Å². The summed E-state index contributed by atoms with van der Waals surface area (Å²) in [4.78, 5) is 16.1. The summed E-state index contributed by atoms with van der Waals surface area (Å²) in [6.07, 6.45) is 1.80. The second-order valence-corrected chi connectivity index (χ2v) is 5.05. The first-order chi connectivity index (χ1) is 7.74. The van der Waals surface area contributed by atoms with Crippen LogP contribution in [-0.2, 0) is 6.54 Å². The summed E-state index contributed by atoms with van der Waals surface area (Å²) in [5.41, 5.74) is 0.991. The first kappa shape index (κ1) is 11.3. The standard InChI is InChI=1S/C11H9BrN2OS/c12-9-3-1-8(2-4-9)6-13-7-10-5-11(15)14-16-10/h1-6H,7H2,(H,14,15). The first-order valence-corrected chi connectivity index (χ1v) is 6.28. The van der Waals surface area contributed by atoms with E-state index in [2.05, 4.69) is 25.3 Å². The highest BCUT2D eigenvalue weighted by molar-refractivity contribution is 9.10. The highest BCUT2D eigenvalue weighted by atomic mass is 79.9. The Morgan fingerprint density at radius 3 is 2.75 bits per heavy atom. The zero-order valence-electron chi connectivity index (χ0n) is 8.31. The van der Waals surface area contributed by atoms with Crippen molar-refractivity contribution < 1.29 is 0 Å². The number of rotatable bonds is 3. The number of H-pyrrole nitrogens is 1. The minimum atomic E-state index is -0.0566. The summed E-state index contributed by atoms with van der Waals surface area (Å²) in [5.74, 6) is 0. The van der Waals surface area contributed by atoms with Crippen LogP contribution in [-0.4, -0.2) is 10.6 Å².